The molecule has 0 amide bonds. The van der Waals surface area contributed by atoms with Gasteiger partial charge in [0.05, 0.1) is 15.1 Å². The normalized spacial score (nSPS) is 16.5. The minimum atomic E-state index is -3.92. The van der Waals surface area contributed by atoms with Crippen LogP contribution in [0.3, 0.4) is 0 Å². The van der Waals surface area contributed by atoms with Crippen LogP contribution >= 0.6 is 34.5 Å². The van der Waals surface area contributed by atoms with Gasteiger partial charge in [0.2, 0.25) is 5.78 Å². The van der Waals surface area contributed by atoms with Gasteiger partial charge in [-0.15, -0.1) is 11.3 Å². The van der Waals surface area contributed by atoms with Crippen molar-refractivity contribution in [2.75, 3.05) is 0 Å². The van der Waals surface area contributed by atoms with E-state index in [1.165, 1.54) is 18.2 Å². The second kappa shape index (κ2) is 5.62. The Morgan fingerprint density at radius 3 is 2.32 bits per heavy atom. The number of rotatable bonds is 2. The Kier molecular flexibility index (Phi) is 3.94. The Bertz CT molecular complexity index is 943. The number of carbonyl (C=O) groups is 1. The van der Waals surface area contributed by atoms with Gasteiger partial charge >= 0.3 is 0 Å². The van der Waals surface area contributed by atoms with Gasteiger partial charge < -0.3 is 0 Å². The van der Waals surface area contributed by atoms with E-state index in [0.717, 1.165) is 11.3 Å². The van der Waals surface area contributed by atoms with E-state index in [2.05, 4.69) is 4.40 Å². The fourth-order valence-electron chi connectivity index (χ4n) is 1.98. The van der Waals surface area contributed by atoms with E-state index in [4.69, 9.17) is 23.2 Å². The van der Waals surface area contributed by atoms with Crippen LogP contribution in [-0.4, -0.2) is 19.9 Å². The zero-order valence-electron chi connectivity index (χ0n) is 10.8. The van der Waals surface area contributed by atoms with Crippen LogP contribution in [0.25, 0.3) is 0 Å². The Balaban J connectivity index is 2.17. The second-order valence-electron chi connectivity index (χ2n) is 4.38. The molecule has 2 aromatic rings. The lowest BCUT2D eigenvalue weighted by atomic mass is 9.94. The highest BCUT2D eigenvalue weighted by Gasteiger charge is 2.25. The Morgan fingerprint density at radius 1 is 1.00 bits per heavy atom. The highest BCUT2D eigenvalue weighted by Crippen LogP contribution is 2.29. The molecule has 0 unspecified atom stereocenters. The predicted octanol–water partition coefficient (Wildman–Crippen LogP) is 3.90. The van der Waals surface area contributed by atoms with Crippen molar-refractivity contribution in [3.05, 3.63) is 63.0 Å². The summed E-state index contributed by atoms with van der Waals surface area (Å²) in [5.41, 5.74) is 0.890. The Labute approximate surface area is 140 Å². The largest absolute Gasteiger partial charge is 0.292 e. The zero-order chi connectivity index (χ0) is 15.9. The molecule has 0 fully saturated rings. The SMILES string of the molecule is O=C1C(Cl)=C/C(=N/S(=O)(=O)c2ccc(Cl)s2)c2ccccc21. The molecule has 1 aromatic carbocycles. The van der Waals surface area contributed by atoms with Crippen LogP contribution in [0, 0.1) is 0 Å². The molecule has 0 bridgehead atoms. The fourth-order valence-corrected chi connectivity index (χ4v) is 4.64. The van der Waals surface area contributed by atoms with Gasteiger partial charge in [-0.3, -0.25) is 4.79 Å². The minimum absolute atomic E-state index is 0.0314. The minimum Gasteiger partial charge on any atom is -0.288 e. The summed E-state index contributed by atoms with van der Waals surface area (Å²) in [6, 6.07) is 9.46. The highest BCUT2D eigenvalue weighted by atomic mass is 35.5. The van der Waals surface area contributed by atoms with Crippen molar-refractivity contribution in [2.45, 2.75) is 4.21 Å². The standard InChI is InChI=1S/C14H7Cl2NO3S2/c15-10-7-11(8-3-1-2-4-9(8)14(10)18)17-22(19,20)13-6-5-12(16)21-13/h1-7H/b17-11-. The quantitative estimate of drug-likeness (QED) is 0.803. The average Bonchev–Trinajstić information content (AvgIpc) is 2.92. The maximum absolute atomic E-state index is 12.3. The number of carbonyl (C=O) groups excluding carboxylic acids is 1. The Hall–Kier alpha value is -1.47. The summed E-state index contributed by atoms with van der Waals surface area (Å²) in [5, 5.41) is -0.0724. The highest BCUT2D eigenvalue weighted by molar-refractivity contribution is 7.92. The van der Waals surface area contributed by atoms with E-state index in [1.54, 1.807) is 24.3 Å². The number of fused-ring (bicyclic) bond motifs is 1. The molecular formula is C14H7Cl2NO3S2. The summed E-state index contributed by atoms with van der Waals surface area (Å²) in [4.78, 5) is 12.0. The monoisotopic (exact) mass is 371 g/mol. The van der Waals surface area contributed by atoms with Crippen LogP contribution in [0.2, 0.25) is 4.34 Å². The molecule has 1 heterocycles. The molecular weight excluding hydrogens is 365 g/mol. The molecule has 0 saturated heterocycles. The average molecular weight is 372 g/mol. The van der Waals surface area contributed by atoms with Crippen LogP contribution in [0.5, 0.6) is 0 Å². The molecule has 0 N–H and O–H groups in total. The summed E-state index contributed by atoms with van der Waals surface area (Å²) in [6.07, 6.45) is 1.26. The van der Waals surface area contributed by atoms with Gasteiger partial charge in [-0.05, 0) is 18.2 Å². The number of sulfonamides is 1. The lowest BCUT2D eigenvalue weighted by Gasteiger charge is -2.13. The number of allylic oxidation sites excluding steroid dienone is 2. The van der Waals surface area contributed by atoms with Crippen LogP contribution in [0.15, 0.2) is 56.1 Å². The van der Waals surface area contributed by atoms with Crippen LogP contribution in [-0.2, 0) is 10.0 Å². The molecule has 1 aliphatic rings. The molecule has 0 saturated carbocycles. The first-order chi connectivity index (χ1) is 10.4. The smallest absolute Gasteiger partial charge is 0.288 e. The number of ketones is 1. The van der Waals surface area contributed by atoms with Crippen molar-refractivity contribution < 1.29 is 13.2 Å². The van der Waals surface area contributed by atoms with Gasteiger partial charge in [0, 0.05) is 11.1 Å². The molecule has 0 aliphatic heterocycles. The topological polar surface area (TPSA) is 63.6 Å². The van der Waals surface area contributed by atoms with Gasteiger partial charge in [0.25, 0.3) is 10.0 Å². The predicted molar refractivity (Wildman–Crippen MR) is 87.8 cm³/mol. The number of hydrogen-bond donors (Lipinski definition) is 0. The van der Waals surface area contributed by atoms with Gasteiger partial charge in [-0.25, -0.2) is 0 Å². The van der Waals surface area contributed by atoms with Gasteiger partial charge in [-0.1, -0.05) is 47.5 Å². The van der Waals surface area contributed by atoms with Crippen molar-refractivity contribution in [2.24, 2.45) is 4.40 Å². The number of Topliss-reactive ketones (excluding diaryl/α,β-unsaturated/α-hetero) is 1. The molecule has 3 rings (SSSR count). The summed E-state index contributed by atoms with van der Waals surface area (Å²) >= 11 is 12.6. The van der Waals surface area contributed by atoms with Crippen LogP contribution in [0.1, 0.15) is 15.9 Å². The number of halogens is 2. The number of thiophene rings is 1. The Morgan fingerprint density at radius 2 is 1.68 bits per heavy atom. The van der Waals surface area contributed by atoms with Gasteiger partial charge in [0.1, 0.15) is 4.21 Å². The van der Waals surface area contributed by atoms with E-state index < -0.39 is 10.0 Å². The molecule has 4 nitrogen and oxygen atoms in total. The summed E-state index contributed by atoms with van der Waals surface area (Å²) < 4.78 is 28.8. The molecule has 112 valence electrons. The summed E-state index contributed by atoms with van der Waals surface area (Å²) in [5.74, 6) is -0.354. The number of hydrogen-bond acceptors (Lipinski definition) is 4. The first kappa shape index (κ1) is 15.4. The summed E-state index contributed by atoms with van der Waals surface area (Å²) in [7, 11) is -3.92. The maximum atomic E-state index is 12.3. The van der Waals surface area contributed by atoms with E-state index >= 15 is 0 Å². The van der Waals surface area contributed by atoms with Crippen LogP contribution in [0.4, 0.5) is 0 Å². The third-order valence-electron chi connectivity index (χ3n) is 2.95. The maximum Gasteiger partial charge on any atom is 0.292 e. The molecule has 1 aliphatic carbocycles. The molecule has 0 atom stereocenters. The first-order valence-corrected chi connectivity index (χ1v) is 9.01. The summed E-state index contributed by atoms with van der Waals surface area (Å²) in [6.45, 7) is 0. The molecule has 8 heteroatoms. The molecule has 22 heavy (non-hydrogen) atoms. The van der Waals surface area contributed by atoms with Crippen molar-refractivity contribution in [1.29, 1.82) is 0 Å². The lowest BCUT2D eigenvalue weighted by molar-refractivity contribution is 0.104. The second-order valence-corrected chi connectivity index (χ2v) is 8.33. The third kappa shape index (κ3) is 2.75. The molecule has 0 radical (unpaired) electrons. The van der Waals surface area contributed by atoms with Crippen molar-refractivity contribution in [1.82, 2.24) is 0 Å². The first-order valence-electron chi connectivity index (χ1n) is 6.00. The van der Waals surface area contributed by atoms with Gasteiger partial charge in [-0.2, -0.15) is 12.8 Å². The van der Waals surface area contributed by atoms with E-state index in [9.17, 15) is 13.2 Å². The third-order valence-corrected chi connectivity index (χ3v) is 6.22. The van der Waals surface area contributed by atoms with Crippen molar-refractivity contribution in [3.8, 4) is 0 Å². The van der Waals surface area contributed by atoms with Crippen LogP contribution < -0.4 is 0 Å². The van der Waals surface area contributed by atoms with E-state index in [0.29, 0.717) is 15.5 Å². The zero-order valence-corrected chi connectivity index (χ0v) is 13.9. The molecule has 1 aromatic heterocycles. The van der Waals surface area contributed by atoms with Gasteiger partial charge in [0.15, 0.2) is 0 Å². The van der Waals surface area contributed by atoms with E-state index in [1.807, 2.05) is 0 Å². The lowest BCUT2D eigenvalue weighted by Crippen LogP contribution is -2.16. The number of benzene rings is 1. The number of nitrogens with zero attached hydrogens (tertiary/aromatic N) is 1. The fraction of sp³-hybridized carbons (Fsp3) is 0. The van der Waals surface area contributed by atoms with Crippen molar-refractivity contribution in [3.63, 3.8) is 0 Å². The molecule has 0 spiro atoms. The van der Waals surface area contributed by atoms with E-state index in [-0.39, 0.29) is 20.7 Å². The van der Waals surface area contributed by atoms with Crippen molar-refractivity contribution >= 4 is 56.1 Å².